The van der Waals surface area contributed by atoms with Crippen molar-refractivity contribution >= 4 is 15.9 Å². The molecule has 1 fully saturated rings. The Balaban J connectivity index is 2.28. The molecule has 0 heterocycles. The number of carbonyl (C=O) groups is 1. The summed E-state index contributed by atoms with van der Waals surface area (Å²) in [6.45, 7) is 0. The van der Waals surface area contributed by atoms with E-state index in [1.54, 1.807) is 30.3 Å². The minimum Gasteiger partial charge on any atom is -0.294 e. The quantitative estimate of drug-likeness (QED) is 0.674. The van der Waals surface area contributed by atoms with Crippen LogP contribution in [0.2, 0.25) is 0 Å². The van der Waals surface area contributed by atoms with Crippen molar-refractivity contribution in [2.75, 3.05) is 0 Å². The lowest BCUT2D eigenvalue weighted by Gasteiger charge is -2.28. The Labute approximate surface area is 107 Å². The van der Waals surface area contributed by atoms with Crippen LogP contribution in [-0.4, -0.2) is 24.0 Å². The van der Waals surface area contributed by atoms with Crippen LogP contribution in [0.1, 0.15) is 36.0 Å². The molecule has 1 aliphatic rings. The van der Waals surface area contributed by atoms with Crippen molar-refractivity contribution < 1.29 is 17.8 Å². The molecule has 1 N–H and O–H groups in total. The van der Waals surface area contributed by atoms with Crippen molar-refractivity contribution in [3.8, 4) is 0 Å². The zero-order valence-electron chi connectivity index (χ0n) is 9.95. The molecule has 0 aromatic heterocycles. The van der Waals surface area contributed by atoms with Crippen LogP contribution in [-0.2, 0) is 10.1 Å². The molecule has 4 nitrogen and oxygen atoms in total. The third kappa shape index (κ3) is 2.79. The third-order valence-corrected chi connectivity index (χ3v) is 4.81. The molecule has 0 unspecified atom stereocenters. The molecule has 0 spiro atoms. The summed E-state index contributed by atoms with van der Waals surface area (Å²) in [5.41, 5.74) is 0.512. The van der Waals surface area contributed by atoms with E-state index < -0.39 is 21.3 Å². The number of ketones is 1. The summed E-state index contributed by atoms with van der Waals surface area (Å²) >= 11 is 0. The molecule has 1 aromatic rings. The maximum Gasteiger partial charge on any atom is 0.268 e. The average molecular weight is 268 g/mol. The summed E-state index contributed by atoms with van der Waals surface area (Å²) in [6.07, 6.45) is 2.46. The first kappa shape index (κ1) is 13.2. The number of Topliss-reactive ketones (excluding diaryl/α,β-unsaturated/α-hetero) is 1. The van der Waals surface area contributed by atoms with Crippen molar-refractivity contribution in [1.82, 2.24) is 0 Å². The van der Waals surface area contributed by atoms with Gasteiger partial charge in [-0.15, -0.1) is 0 Å². The number of hydrogen-bond donors (Lipinski definition) is 1. The van der Waals surface area contributed by atoms with Crippen LogP contribution in [0.3, 0.4) is 0 Å². The van der Waals surface area contributed by atoms with Gasteiger partial charge in [0.05, 0.1) is 5.25 Å². The van der Waals surface area contributed by atoms with Crippen molar-refractivity contribution in [2.24, 2.45) is 5.92 Å². The molecule has 0 amide bonds. The molecule has 1 aliphatic carbocycles. The van der Waals surface area contributed by atoms with Gasteiger partial charge in [-0.1, -0.05) is 43.2 Å². The van der Waals surface area contributed by atoms with Crippen LogP contribution in [0.25, 0.3) is 0 Å². The molecule has 2 atom stereocenters. The minimum absolute atomic E-state index is 0.182. The predicted molar refractivity (Wildman–Crippen MR) is 68.1 cm³/mol. The highest BCUT2D eigenvalue weighted by Crippen LogP contribution is 2.31. The van der Waals surface area contributed by atoms with Gasteiger partial charge in [-0.05, 0) is 12.8 Å². The summed E-state index contributed by atoms with van der Waals surface area (Å²) < 4.78 is 31.9. The van der Waals surface area contributed by atoms with Crippen LogP contribution in [0.4, 0.5) is 0 Å². The Morgan fingerprint density at radius 2 is 1.72 bits per heavy atom. The first-order chi connectivity index (χ1) is 8.50. The zero-order valence-corrected chi connectivity index (χ0v) is 10.8. The van der Waals surface area contributed by atoms with Crippen LogP contribution in [0.15, 0.2) is 30.3 Å². The average Bonchev–Trinajstić information content (AvgIpc) is 2.38. The second-order valence-electron chi connectivity index (χ2n) is 4.67. The van der Waals surface area contributed by atoms with Gasteiger partial charge in [-0.25, -0.2) is 0 Å². The molecule has 5 heteroatoms. The highest BCUT2D eigenvalue weighted by atomic mass is 32.2. The predicted octanol–water partition coefficient (Wildman–Crippen LogP) is 2.32. The van der Waals surface area contributed by atoms with Crippen molar-refractivity contribution in [3.63, 3.8) is 0 Å². The third-order valence-electron chi connectivity index (χ3n) is 3.48. The Hall–Kier alpha value is -1.20. The fraction of sp³-hybridized carbons (Fsp3) is 0.462. The van der Waals surface area contributed by atoms with Crippen molar-refractivity contribution in [2.45, 2.75) is 30.9 Å². The highest BCUT2D eigenvalue weighted by Gasteiger charge is 2.38. The van der Waals surface area contributed by atoms with E-state index in [1.807, 2.05) is 0 Å². The lowest BCUT2D eigenvalue weighted by Crippen LogP contribution is -2.37. The van der Waals surface area contributed by atoms with Gasteiger partial charge in [0.15, 0.2) is 5.78 Å². The molecule has 18 heavy (non-hydrogen) atoms. The molecule has 98 valence electrons. The fourth-order valence-electron chi connectivity index (χ4n) is 2.57. The van der Waals surface area contributed by atoms with Gasteiger partial charge in [0, 0.05) is 11.5 Å². The molecule has 2 rings (SSSR count). The Kier molecular flexibility index (Phi) is 3.82. The Morgan fingerprint density at radius 1 is 1.11 bits per heavy atom. The molecular weight excluding hydrogens is 252 g/mol. The maximum atomic E-state index is 12.3. The summed E-state index contributed by atoms with van der Waals surface area (Å²) in [5, 5.41) is -0.945. The second kappa shape index (κ2) is 5.20. The highest BCUT2D eigenvalue weighted by molar-refractivity contribution is 7.86. The van der Waals surface area contributed by atoms with E-state index in [2.05, 4.69) is 0 Å². The number of carbonyl (C=O) groups excluding carboxylic acids is 1. The number of hydrogen-bond acceptors (Lipinski definition) is 3. The van der Waals surface area contributed by atoms with Gasteiger partial charge in [0.25, 0.3) is 10.1 Å². The topological polar surface area (TPSA) is 71.4 Å². The molecular formula is C13H16O4S. The second-order valence-corrected chi connectivity index (χ2v) is 6.31. The van der Waals surface area contributed by atoms with E-state index in [9.17, 15) is 17.8 Å². The largest absolute Gasteiger partial charge is 0.294 e. The maximum absolute atomic E-state index is 12.3. The zero-order chi connectivity index (χ0) is 13.2. The van der Waals surface area contributed by atoms with Gasteiger partial charge < -0.3 is 0 Å². The molecule has 0 radical (unpaired) electrons. The van der Waals surface area contributed by atoms with E-state index in [1.165, 1.54) is 0 Å². The summed E-state index contributed by atoms with van der Waals surface area (Å²) in [5.74, 6) is -0.797. The number of rotatable bonds is 3. The van der Waals surface area contributed by atoms with Gasteiger partial charge >= 0.3 is 0 Å². The van der Waals surface area contributed by atoms with Crippen molar-refractivity contribution in [1.29, 1.82) is 0 Å². The van der Waals surface area contributed by atoms with Gasteiger partial charge in [0.2, 0.25) is 0 Å². The van der Waals surface area contributed by atoms with Crippen LogP contribution >= 0.6 is 0 Å². The van der Waals surface area contributed by atoms with E-state index in [0.29, 0.717) is 18.4 Å². The number of benzene rings is 1. The standard InChI is InChI=1S/C13H16O4S/c14-13(10-6-2-1-3-7-10)11-8-4-5-9-12(11)18(15,16)17/h1-3,6-7,11-12H,4-5,8-9H2,(H,15,16,17)/t11-,12+/m0/s1. The first-order valence-corrected chi connectivity index (χ1v) is 7.56. The lowest BCUT2D eigenvalue weighted by molar-refractivity contribution is 0.0889. The van der Waals surface area contributed by atoms with Crippen LogP contribution in [0.5, 0.6) is 0 Å². The lowest BCUT2D eigenvalue weighted by atomic mass is 9.83. The van der Waals surface area contributed by atoms with Gasteiger partial charge in [0.1, 0.15) is 0 Å². The fourth-order valence-corrected chi connectivity index (χ4v) is 3.71. The van der Waals surface area contributed by atoms with Gasteiger partial charge in [-0.2, -0.15) is 8.42 Å². The Morgan fingerprint density at radius 3 is 2.33 bits per heavy atom. The van der Waals surface area contributed by atoms with E-state index >= 15 is 0 Å². The summed E-state index contributed by atoms with van der Waals surface area (Å²) in [6, 6.07) is 8.66. The van der Waals surface area contributed by atoms with E-state index in [0.717, 1.165) is 12.8 Å². The molecule has 1 aromatic carbocycles. The van der Waals surface area contributed by atoms with Crippen molar-refractivity contribution in [3.05, 3.63) is 35.9 Å². The first-order valence-electron chi connectivity index (χ1n) is 6.05. The molecule has 0 aliphatic heterocycles. The van der Waals surface area contributed by atoms with Gasteiger partial charge in [-0.3, -0.25) is 9.35 Å². The minimum atomic E-state index is -4.15. The van der Waals surface area contributed by atoms with E-state index in [4.69, 9.17) is 0 Å². The molecule has 0 bridgehead atoms. The Bertz CT molecular complexity index is 521. The van der Waals surface area contributed by atoms with Crippen LogP contribution < -0.4 is 0 Å². The smallest absolute Gasteiger partial charge is 0.268 e. The monoisotopic (exact) mass is 268 g/mol. The SMILES string of the molecule is O=C(c1ccccc1)[C@H]1CCCC[C@H]1S(=O)(=O)O. The summed E-state index contributed by atoms with van der Waals surface area (Å²) in [7, 11) is -4.15. The molecule has 1 saturated carbocycles. The summed E-state index contributed by atoms with van der Waals surface area (Å²) in [4.78, 5) is 12.3. The van der Waals surface area contributed by atoms with E-state index in [-0.39, 0.29) is 5.78 Å². The molecule has 0 saturated heterocycles. The van der Waals surface area contributed by atoms with Crippen LogP contribution in [0, 0.1) is 5.92 Å². The normalized spacial score (nSPS) is 24.7.